The number of aromatic nitrogens is 1. The first-order valence-corrected chi connectivity index (χ1v) is 12.7. The molecule has 0 saturated heterocycles. The van der Waals surface area contributed by atoms with Crippen LogP contribution in [-0.4, -0.2) is 31.2 Å². The van der Waals surface area contributed by atoms with E-state index >= 15 is 0 Å². The van der Waals surface area contributed by atoms with Gasteiger partial charge in [0, 0.05) is 16.8 Å². The van der Waals surface area contributed by atoms with E-state index in [0.29, 0.717) is 22.0 Å². The Balaban J connectivity index is 1.94. The van der Waals surface area contributed by atoms with Crippen molar-refractivity contribution < 1.29 is 13.2 Å². The van der Waals surface area contributed by atoms with Gasteiger partial charge in [-0.25, -0.2) is 8.42 Å². The lowest BCUT2D eigenvalue weighted by Crippen LogP contribution is -2.45. The zero-order chi connectivity index (χ0) is 23.1. The van der Waals surface area contributed by atoms with E-state index in [4.69, 9.17) is 11.6 Å². The molecule has 0 fully saturated rings. The van der Waals surface area contributed by atoms with Crippen molar-refractivity contribution in [2.24, 2.45) is 0 Å². The van der Waals surface area contributed by atoms with E-state index in [0.717, 1.165) is 32.1 Å². The number of nitrogens with zero attached hydrogens (tertiary/aromatic N) is 2. The second kappa shape index (κ2) is 8.64. The Hall–Kier alpha value is -2.36. The number of anilines is 2. The molecule has 10 heteroatoms. The van der Waals surface area contributed by atoms with Crippen LogP contribution in [0, 0.1) is 6.92 Å². The van der Waals surface area contributed by atoms with Gasteiger partial charge in [-0.15, -0.1) is 0 Å². The number of thiazole rings is 1. The Morgan fingerprint density at radius 1 is 1.16 bits per heavy atom. The van der Waals surface area contributed by atoms with Crippen LogP contribution in [0.4, 0.5) is 11.4 Å². The number of sulfonamides is 1. The summed E-state index contributed by atoms with van der Waals surface area (Å²) in [5, 5.41) is 3.14. The molecule has 1 amide bonds. The molecule has 1 heterocycles. The molecule has 3 aromatic rings. The molecule has 0 bridgehead atoms. The molecular formula is C21H24ClN3O4S2. The Bertz CT molecular complexity index is 1310. The fourth-order valence-corrected chi connectivity index (χ4v) is 5.89. The van der Waals surface area contributed by atoms with Gasteiger partial charge in [0.15, 0.2) is 0 Å². The highest BCUT2D eigenvalue weighted by molar-refractivity contribution is 7.92. The average Bonchev–Trinajstić information content (AvgIpc) is 2.98. The number of fused-ring (bicyclic) bond motifs is 1. The van der Waals surface area contributed by atoms with Gasteiger partial charge in [0.1, 0.15) is 6.04 Å². The third kappa shape index (κ3) is 4.78. The highest BCUT2D eigenvalue weighted by Crippen LogP contribution is 2.29. The maximum atomic E-state index is 13.0. The Morgan fingerprint density at radius 3 is 2.45 bits per heavy atom. The molecule has 0 spiro atoms. The Morgan fingerprint density at radius 2 is 1.84 bits per heavy atom. The van der Waals surface area contributed by atoms with E-state index in [-0.39, 0.29) is 10.9 Å². The normalized spacial score (nSPS) is 12.9. The molecule has 1 atom stereocenters. The van der Waals surface area contributed by atoms with Gasteiger partial charge >= 0.3 is 4.87 Å². The summed E-state index contributed by atoms with van der Waals surface area (Å²) < 4.78 is 28.6. The number of rotatable bonds is 6. The minimum atomic E-state index is -3.77. The van der Waals surface area contributed by atoms with E-state index in [1.807, 2.05) is 13.8 Å². The lowest BCUT2D eigenvalue weighted by Gasteiger charge is -2.29. The lowest BCUT2D eigenvalue weighted by atomic mass is 10.1. The summed E-state index contributed by atoms with van der Waals surface area (Å²) in [6.45, 7) is 7.14. The van der Waals surface area contributed by atoms with E-state index in [1.165, 1.54) is 13.0 Å². The lowest BCUT2D eigenvalue weighted by molar-refractivity contribution is -0.116. The minimum Gasteiger partial charge on any atom is -0.324 e. The van der Waals surface area contributed by atoms with Crippen LogP contribution in [0.15, 0.2) is 41.2 Å². The van der Waals surface area contributed by atoms with Crippen LogP contribution in [0.5, 0.6) is 0 Å². The third-order valence-electron chi connectivity index (χ3n) is 4.89. The fourth-order valence-electron chi connectivity index (χ4n) is 3.45. The minimum absolute atomic E-state index is 0.0194. The Labute approximate surface area is 190 Å². The first-order valence-electron chi connectivity index (χ1n) is 9.61. The molecule has 0 aliphatic heterocycles. The van der Waals surface area contributed by atoms with E-state index in [1.54, 1.807) is 41.8 Å². The van der Waals surface area contributed by atoms with Crippen molar-refractivity contribution in [2.45, 2.75) is 39.8 Å². The highest BCUT2D eigenvalue weighted by Gasteiger charge is 2.30. The monoisotopic (exact) mass is 481 g/mol. The Kier molecular flexibility index (Phi) is 6.50. The maximum Gasteiger partial charge on any atom is 0.308 e. The second-order valence-corrected chi connectivity index (χ2v) is 11.0. The van der Waals surface area contributed by atoms with Gasteiger partial charge in [-0.1, -0.05) is 29.0 Å². The van der Waals surface area contributed by atoms with Crippen molar-refractivity contribution >= 4 is 60.5 Å². The zero-order valence-corrected chi connectivity index (χ0v) is 20.2. The van der Waals surface area contributed by atoms with E-state index in [2.05, 4.69) is 5.32 Å². The molecule has 1 aromatic heterocycles. The molecular weight excluding hydrogens is 458 g/mol. The van der Waals surface area contributed by atoms with Gasteiger partial charge in [-0.3, -0.25) is 18.5 Å². The number of amides is 1. The number of carbonyl (C=O) groups excluding carboxylic acids is 1. The number of hydrogen-bond donors (Lipinski definition) is 1. The summed E-state index contributed by atoms with van der Waals surface area (Å²) in [4.78, 5) is 25.2. The molecule has 1 N–H and O–H groups in total. The fraction of sp³-hybridized carbons (Fsp3) is 0.333. The summed E-state index contributed by atoms with van der Waals surface area (Å²) in [5.74, 6) is -0.500. The molecule has 0 saturated carbocycles. The smallest absolute Gasteiger partial charge is 0.308 e. The first kappa shape index (κ1) is 23.3. The van der Waals surface area contributed by atoms with Crippen LogP contribution in [0.25, 0.3) is 10.2 Å². The van der Waals surface area contributed by atoms with Crippen LogP contribution in [0.2, 0.25) is 5.02 Å². The van der Waals surface area contributed by atoms with Gasteiger partial charge < -0.3 is 5.32 Å². The summed E-state index contributed by atoms with van der Waals surface area (Å²) in [7, 11) is -3.77. The van der Waals surface area contributed by atoms with Gasteiger partial charge in [0.05, 0.1) is 22.2 Å². The number of aryl methyl sites for hydroxylation is 1. The molecule has 166 valence electrons. The van der Waals surface area contributed by atoms with Gasteiger partial charge in [-0.05, 0) is 63.6 Å². The van der Waals surface area contributed by atoms with Gasteiger partial charge in [0.25, 0.3) is 0 Å². The number of nitrogens with one attached hydrogen (secondary N) is 1. The molecule has 3 rings (SSSR count). The largest absolute Gasteiger partial charge is 0.324 e. The molecule has 1 unspecified atom stereocenters. The number of carbonyl (C=O) groups is 1. The van der Waals surface area contributed by atoms with Crippen LogP contribution in [0.3, 0.4) is 0 Å². The van der Waals surface area contributed by atoms with Crippen molar-refractivity contribution in [3.8, 4) is 0 Å². The first-order chi connectivity index (χ1) is 14.4. The van der Waals surface area contributed by atoms with E-state index < -0.39 is 22.0 Å². The van der Waals surface area contributed by atoms with Crippen molar-refractivity contribution in [1.29, 1.82) is 0 Å². The van der Waals surface area contributed by atoms with E-state index in [9.17, 15) is 18.0 Å². The number of halogens is 1. The topological polar surface area (TPSA) is 88.5 Å². The van der Waals surface area contributed by atoms with Crippen molar-refractivity contribution in [3.05, 3.63) is 56.7 Å². The quantitative estimate of drug-likeness (QED) is 0.565. The van der Waals surface area contributed by atoms with Gasteiger partial charge in [0.2, 0.25) is 15.9 Å². The zero-order valence-electron chi connectivity index (χ0n) is 17.8. The summed E-state index contributed by atoms with van der Waals surface area (Å²) in [6, 6.07) is 9.09. The summed E-state index contributed by atoms with van der Waals surface area (Å²) in [5.41, 5.74) is 2.30. The molecule has 2 aromatic carbocycles. The standard InChI is InChI=1S/C21H24ClN3O4S2/c1-12(2)24-17-9-8-16(11-19(17)30-21(24)27)23-20(26)14(4)25(31(5,28)29)18-10-15(22)7-6-13(18)3/h6-12,14H,1-5H3,(H,23,26). The van der Waals surface area contributed by atoms with Crippen LogP contribution < -0.4 is 14.5 Å². The highest BCUT2D eigenvalue weighted by atomic mass is 35.5. The molecule has 0 aliphatic carbocycles. The van der Waals surface area contributed by atoms with Crippen molar-refractivity contribution in [3.63, 3.8) is 0 Å². The predicted molar refractivity (Wildman–Crippen MR) is 128 cm³/mol. The molecule has 31 heavy (non-hydrogen) atoms. The average molecular weight is 482 g/mol. The second-order valence-electron chi connectivity index (χ2n) is 7.67. The van der Waals surface area contributed by atoms with Crippen LogP contribution in [-0.2, 0) is 14.8 Å². The van der Waals surface area contributed by atoms with Crippen LogP contribution in [0.1, 0.15) is 32.4 Å². The van der Waals surface area contributed by atoms with Crippen molar-refractivity contribution in [1.82, 2.24) is 4.57 Å². The molecule has 0 aliphatic rings. The SMILES string of the molecule is Cc1ccc(Cl)cc1N(C(C)C(=O)Nc1ccc2c(c1)sc(=O)n2C(C)C)S(C)(=O)=O. The summed E-state index contributed by atoms with van der Waals surface area (Å²) >= 11 is 7.17. The number of benzene rings is 2. The number of hydrogen-bond acceptors (Lipinski definition) is 5. The molecule has 7 nitrogen and oxygen atoms in total. The molecule has 0 radical (unpaired) electrons. The van der Waals surface area contributed by atoms with Gasteiger partial charge in [-0.2, -0.15) is 0 Å². The maximum absolute atomic E-state index is 13.0. The third-order valence-corrected chi connectivity index (χ3v) is 7.28. The van der Waals surface area contributed by atoms with Crippen LogP contribution >= 0.6 is 22.9 Å². The predicted octanol–water partition coefficient (Wildman–Crippen LogP) is 4.40. The summed E-state index contributed by atoms with van der Waals surface area (Å²) in [6.07, 6.45) is 1.05. The van der Waals surface area contributed by atoms with Crippen molar-refractivity contribution in [2.75, 3.05) is 15.9 Å².